The van der Waals surface area contributed by atoms with Crippen molar-refractivity contribution in [1.82, 2.24) is 15.2 Å². The first-order valence-electron chi connectivity index (χ1n) is 5.71. The molecule has 2 rings (SSSR count). The predicted molar refractivity (Wildman–Crippen MR) is 68.5 cm³/mol. The van der Waals surface area contributed by atoms with E-state index < -0.39 is 0 Å². The predicted octanol–water partition coefficient (Wildman–Crippen LogP) is 1.48. The van der Waals surface area contributed by atoms with E-state index in [1.807, 2.05) is 30.5 Å². The van der Waals surface area contributed by atoms with Crippen molar-refractivity contribution in [3.8, 4) is 11.4 Å². The number of nitrogens with two attached hydrogens (primary N) is 1. The van der Waals surface area contributed by atoms with Crippen molar-refractivity contribution in [3.63, 3.8) is 0 Å². The van der Waals surface area contributed by atoms with Crippen LogP contribution in [-0.2, 0) is 0 Å². The molecule has 0 aliphatic rings. The number of aromatic amines is 1. The zero-order valence-corrected chi connectivity index (χ0v) is 9.85. The average molecular weight is 231 g/mol. The summed E-state index contributed by atoms with van der Waals surface area (Å²) in [4.78, 5) is 3.09. The monoisotopic (exact) mass is 231 g/mol. The zero-order valence-electron chi connectivity index (χ0n) is 9.85. The summed E-state index contributed by atoms with van der Waals surface area (Å²) in [6.07, 6.45) is 1.87. The Morgan fingerprint density at radius 1 is 1.35 bits per heavy atom. The molecule has 0 aliphatic carbocycles. The molecule has 0 radical (unpaired) electrons. The molecule has 5 nitrogen and oxygen atoms in total. The van der Waals surface area contributed by atoms with Crippen molar-refractivity contribution in [2.75, 3.05) is 18.4 Å². The van der Waals surface area contributed by atoms with E-state index in [1.165, 1.54) is 0 Å². The number of nitrogens with zero attached hydrogens (tertiary/aromatic N) is 2. The van der Waals surface area contributed by atoms with Gasteiger partial charge in [-0.2, -0.15) is 0 Å². The van der Waals surface area contributed by atoms with E-state index >= 15 is 0 Å². The molecule has 0 amide bonds. The molecule has 17 heavy (non-hydrogen) atoms. The first kappa shape index (κ1) is 11.6. The first-order chi connectivity index (χ1) is 8.29. The second-order valence-corrected chi connectivity index (χ2v) is 4.11. The van der Waals surface area contributed by atoms with Crippen LogP contribution in [0.4, 0.5) is 5.82 Å². The Morgan fingerprint density at radius 3 is 2.82 bits per heavy atom. The standard InChI is InChI=1S/C12H17N5/c1-9(7-13)8-15-12-5-4-11(16-17-12)10-3-2-6-14-10/h2-6,9,14H,7-8,13H2,1H3,(H,15,17). The fourth-order valence-corrected chi connectivity index (χ4v) is 1.42. The Hall–Kier alpha value is -1.88. The van der Waals surface area contributed by atoms with Crippen molar-refractivity contribution in [2.45, 2.75) is 6.92 Å². The van der Waals surface area contributed by atoms with E-state index in [0.717, 1.165) is 23.8 Å². The highest BCUT2D eigenvalue weighted by atomic mass is 15.2. The van der Waals surface area contributed by atoms with Gasteiger partial charge in [-0.25, -0.2) is 0 Å². The molecule has 5 heteroatoms. The molecule has 2 heterocycles. The quantitative estimate of drug-likeness (QED) is 0.728. The molecule has 0 aliphatic heterocycles. The third-order valence-corrected chi connectivity index (χ3v) is 2.57. The number of hydrogen-bond donors (Lipinski definition) is 3. The van der Waals surface area contributed by atoms with Crippen molar-refractivity contribution in [2.24, 2.45) is 11.7 Å². The molecule has 1 atom stereocenters. The van der Waals surface area contributed by atoms with Crippen LogP contribution in [0.2, 0.25) is 0 Å². The van der Waals surface area contributed by atoms with E-state index in [1.54, 1.807) is 0 Å². The Labute approximate surface area is 100 Å². The highest BCUT2D eigenvalue weighted by molar-refractivity contribution is 5.54. The smallest absolute Gasteiger partial charge is 0.148 e. The van der Waals surface area contributed by atoms with E-state index in [9.17, 15) is 0 Å². The number of aromatic nitrogens is 3. The summed E-state index contributed by atoms with van der Waals surface area (Å²) in [7, 11) is 0. The highest BCUT2D eigenvalue weighted by Crippen LogP contribution is 2.14. The molecule has 90 valence electrons. The largest absolute Gasteiger partial charge is 0.368 e. The van der Waals surface area contributed by atoms with Crippen LogP contribution in [0.15, 0.2) is 30.5 Å². The molecule has 0 bridgehead atoms. The van der Waals surface area contributed by atoms with Crippen LogP contribution >= 0.6 is 0 Å². The number of H-pyrrole nitrogens is 1. The maximum Gasteiger partial charge on any atom is 0.148 e. The average Bonchev–Trinajstić information content (AvgIpc) is 2.90. The van der Waals surface area contributed by atoms with E-state index in [0.29, 0.717) is 12.5 Å². The minimum atomic E-state index is 0.430. The van der Waals surface area contributed by atoms with Gasteiger partial charge in [-0.1, -0.05) is 6.92 Å². The van der Waals surface area contributed by atoms with E-state index in [2.05, 4.69) is 27.4 Å². The number of anilines is 1. The fourth-order valence-electron chi connectivity index (χ4n) is 1.42. The van der Waals surface area contributed by atoms with Gasteiger partial charge in [0.2, 0.25) is 0 Å². The van der Waals surface area contributed by atoms with Gasteiger partial charge in [-0.15, -0.1) is 10.2 Å². The van der Waals surface area contributed by atoms with Crippen LogP contribution < -0.4 is 11.1 Å². The van der Waals surface area contributed by atoms with Crippen LogP contribution in [0.1, 0.15) is 6.92 Å². The molecule has 1 unspecified atom stereocenters. The second kappa shape index (κ2) is 5.45. The third kappa shape index (κ3) is 3.04. The Balaban J connectivity index is 1.99. The maximum absolute atomic E-state index is 5.54. The van der Waals surface area contributed by atoms with Crippen molar-refractivity contribution in [3.05, 3.63) is 30.5 Å². The second-order valence-electron chi connectivity index (χ2n) is 4.11. The first-order valence-corrected chi connectivity index (χ1v) is 5.71. The fraction of sp³-hybridized carbons (Fsp3) is 0.333. The lowest BCUT2D eigenvalue weighted by Gasteiger charge is -2.09. The van der Waals surface area contributed by atoms with Crippen LogP contribution in [0.3, 0.4) is 0 Å². The summed E-state index contributed by atoms with van der Waals surface area (Å²) >= 11 is 0. The van der Waals surface area contributed by atoms with Gasteiger partial charge < -0.3 is 16.0 Å². The lowest BCUT2D eigenvalue weighted by atomic mass is 10.2. The summed E-state index contributed by atoms with van der Waals surface area (Å²) in [5, 5.41) is 11.5. The lowest BCUT2D eigenvalue weighted by molar-refractivity contribution is 0.626. The summed E-state index contributed by atoms with van der Waals surface area (Å²) in [6, 6.07) is 7.76. The topological polar surface area (TPSA) is 79.6 Å². The summed E-state index contributed by atoms with van der Waals surface area (Å²) in [5.41, 5.74) is 7.36. The summed E-state index contributed by atoms with van der Waals surface area (Å²) in [6.45, 7) is 3.57. The summed E-state index contributed by atoms with van der Waals surface area (Å²) in [5.74, 6) is 1.21. The Morgan fingerprint density at radius 2 is 2.24 bits per heavy atom. The SMILES string of the molecule is CC(CN)CNc1ccc(-c2ccc[nH]2)nn1. The number of nitrogens with one attached hydrogen (secondary N) is 2. The van der Waals surface area contributed by atoms with Gasteiger partial charge in [-0.05, 0) is 36.7 Å². The minimum Gasteiger partial charge on any atom is -0.368 e. The Kier molecular flexibility index (Phi) is 3.72. The maximum atomic E-state index is 5.54. The van der Waals surface area contributed by atoms with Gasteiger partial charge in [-0.3, -0.25) is 0 Å². The van der Waals surface area contributed by atoms with Gasteiger partial charge in [0.15, 0.2) is 0 Å². The van der Waals surface area contributed by atoms with E-state index in [4.69, 9.17) is 5.73 Å². The van der Waals surface area contributed by atoms with Crippen LogP contribution in [-0.4, -0.2) is 28.3 Å². The molecule has 0 saturated carbocycles. The van der Waals surface area contributed by atoms with Gasteiger partial charge in [0, 0.05) is 12.7 Å². The van der Waals surface area contributed by atoms with Crippen molar-refractivity contribution < 1.29 is 0 Å². The molecule has 2 aromatic heterocycles. The Bertz CT molecular complexity index is 434. The van der Waals surface area contributed by atoms with Crippen LogP contribution in [0.25, 0.3) is 11.4 Å². The molecular weight excluding hydrogens is 214 g/mol. The van der Waals surface area contributed by atoms with Gasteiger partial charge in [0.05, 0.1) is 5.69 Å². The lowest BCUT2D eigenvalue weighted by Crippen LogP contribution is -2.20. The zero-order chi connectivity index (χ0) is 12.1. The van der Waals surface area contributed by atoms with Crippen LogP contribution in [0, 0.1) is 5.92 Å². The molecule has 0 spiro atoms. The number of hydrogen-bond acceptors (Lipinski definition) is 4. The van der Waals surface area contributed by atoms with Crippen molar-refractivity contribution in [1.29, 1.82) is 0 Å². The molecule has 0 fully saturated rings. The molecule has 4 N–H and O–H groups in total. The summed E-state index contributed by atoms with van der Waals surface area (Å²) < 4.78 is 0. The number of rotatable bonds is 5. The molecule has 0 aromatic carbocycles. The molecule has 2 aromatic rings. The van der Waals surface area contributed by atoms with Crippen molar-refractivity contribution >= 4 is 5.82 Å². The highest BCUT2D eigenvalue weighted by Gasteiger charge is 2.02. The minimum absolute atomic E-state index is 0.430. The van der Waals surface area contributed by atoms with Gasteiger partial charge >= 0.3 is 0 Å². The molecular formula is C12H17N5. The van der Waals surface area contributed by atoms with Gasteiger partial charge in [0.1, 0.15) is 11.5 Å². The molecule has 0 saturated heterocycles. The van der Waals surface area contributed by atoms with Crippen LogP contribution in [0.5, 0.6) is 0 Å². The van der Waals surface area contributed by atoms with Gasteiger partial charge in [0.25, 0.3) is 0 Å². The third-order valence-electron chi connectivity index (χ3n) is 2.57. The van der Waals surface area contributed by atoms with E-state index in [-0.39, 0.29) is 0 Å². The normalized spacial score (nSPS) is 12.4.